The van der Waals surface area contributed by atoms with E-state index in [9.17, 15) is 37.0 Å². The van der Waals surface area contributed by atoms with Crippen molar-refractivity contribution in [2.45, 2.75) is 19.3 Å². The molecule has 0 heterocycles. The quantitative estimate of drug-likeness (QED) is 0.265. The van der Waals surface area contributed by atoms with E-state index in [1.54, 1.807) is 6.08 Å². The SMILES string of the molecule is O=C(Oc1ccc(-c2ccc(O)c(F)c2F)c(F)c1)C1CC=C(c2ccc(O)c(F)c2F)CC1. The Labute approximate surface area is 190 Å². The Morgan fingerprint density at radius 2 is 1.38 bits per heavy atom. The molecule has 1 atom stereocenters. The van der Waals surface area contributed by atoms with Gasteiger partial charge in [-0.15, -0.1) is 0 Å². The first kappa shape index (κ1) is 23.3. The van der Waals surface area contributed by atoms with Crippen LogP contribution in [-0.4, -0.2) is 16.2 Å². The Kier molecular flexibility index (Phi) is 6.28. The standard InChI is InChI=1S/C25H17F5O4/c26-18-11-14(5-6-16(18)17-8-10-20(32)24(30)22(17)28)34-25(33)13-3-1-12(2-4-13)15-7-9-19(31)23(29)21(15)27/h1,5-11,13,31-32H,2-4H2. The van der Waals surface area contributed by atoms with Gasteiger partial charge in [0.2, 0.25) is 11.6 Å². The molecule has 0 aromatic heterocycles. The van der Waals surface area contributed by atoms with Crippen molar-refractivity contribution in [3.05, 3.63) is 83.2 Å². The monoisotopic (exact) mass is 476 g/mol. The number of carbonyl (C=O) groups excluding carboxylic acids is 1. The first-order chi connectivity index (χ1) is 16.2. The van der Waals surface area contributed by atoms with E-state index in [1.165, 1.54) is 12.1 Å². The second-order valence-electron chi connectivity index (χ2n) is 7.78. The van der Waals surface area contributed by atoms with Crippen molar-refractivity contribution in [3.8, 4) is 28.4 Å². The van der Waals surface area contributed by atoms with Crippen LogP contribution in [0.1, 0.15) is 24.8 Å². The summed E-state index contributed by atoms with van der Waals surface area (Å²) in [5, 5.41) is 18.5. The molecule has 0 radical (unpaired) electrons. The van der Waals surface area contributed by atoms with Crippen molar-refractivity contribution in [1.29, 1.82) is 0 Å². The average molecular weight is 476 g/mol. The Bertz CT molecular complexity index is 1320. The van der Waals surface area contributed by atoms with Crippen molar-refractivity contribution in [2.75, 3.05) is 0 Å². The van der Waals surface area contributed by atoms with Gasteiger partial charge in [-0.25, -0.2) is 13.2 Å². The van der Waals surface area contributed by atoms with Crippen molar-refractivity contribution in [3.63, 3.8) is 0 Å². The molecule has 3 aromatic rings. The number of benzene rings is 3. The van der Waals surface area contributed by atoms with Gasteiger partial charge in [-0.05, 0) is 61.2 Å². The Balaban J connectivity index is 1.46. The number of aromatic hydroxyl groups is 2. The highest BCUT2D eigenvalue weighted by Crippen LogP contribution is 2.36. The molecule has 4 rings (SSSR count). The molecular weight excluding hydrogens is 459 g/mol. The maximum absolute atomic E-state index is 14.5. The van der Waals surface area contributed by atoms with Gasteiger partial charge >= 0.3 is 5.97 Å². The minimum absolute atomic E-state index is 0.00215. The van der Waals surface area contributed by atoms with Crippen LogP contribution in [0.4, 0.5) is 22.0 Å². The number of rotatable bonds is 4. The molecule has 0 fully saturated rings. The number of hydrogen-bond donors (Lipinski definition) is 2. The summed E-state index contributed by atoms with van der Waals surface area (Å²) in [4.78, 5) is 12.5. The molecule has 4 nitrogen and oxygen atoms in total. The smallest absolute Gasteiger partial charge is 0.314 e. The minimum atomic E-state index is -1.51. The van der Waals surface area contributed by atoms with Crippen LogP contribution in [0.5, 0.6) is 17.2 Å². The number of phenolic OH excluding ortho intramolecular Hbond substituents is 2. The van der Waals surface area contributed by atoms with Crippen LogP contribution >= 0.6 is 0 Å². The van der Waals surface area contributed by atoms with E-state index in [0.29, 0.717) is 5.57 Å². The zero-order valence-corrected chi connectivity index (χ0v) is 17.4. The lowest BCUT2D eigenvalue weighted by molar-refractivity contribution is -0.139. The van der Waals surface area contributed by atoms with Gasteiger partial charge in [-0.3, -0.25) is 4.79 Å². The van der Waals surface area contributed by atoms with E-state index in [-0.39, 0.29) is 36.1 Å². The molecule has 0 amide bonds. The Hall–Kier alpha value is -3.88. The van der Waals surface area contributed by atoms with E-state index < -0.39 is 58.0 Å². The molecule has 2 N–H and O–H groups in total. The highest BCUT2D eigenvalue weighted by atomic mass is 19.2. The Morgan fingerprint density at radius 3 is 1.97 bits per heavy atom. The lowest BCUT2D eigenvalue weighted by atomic mass is 9.86. The number of hydrogen-bond acceptors (Lipinski definition) is 4. The van der Waals surface area contributed by atoms with E-state index in [4.69, 9.17) is 4.74 Å². The van der Waals surface area contributed by atoms with Crippen LogP contribution in [0.2, 0.25) is 0 Å². The van der Waals surface area contributed by atoms with Crippen molar-refractivity contribution >= 4 is 11.5 Å². The molecule has 1 aliphatic rings. The number of carbonyl (C=O) groups is 1. The predicted molar refractivity (Wildman–Crippen MR) is 112 cm³/mol. The Morgan fingerprint density at radius 1 is 0.794 bits per heavy atom. The van der Waals surface area contributed by atoms with Crippen LogP contribution in [0, 0.1) is 35.0 Å². The molecule has 0 saturated heterocycles. The number of esters is 1. The molecule has 34 heavy (non-hydrogen) atoms. The molecule has 9 heteroatoms. The second-order valence-corrected chi connectivity index (χ2v) is 7.78. The summed E-state index contributed by atoms with van der Waals surface area (Å²) in [6.45, 7) is 0. The number of allylic oxidation sites excluding steroid dienone is 2. The summed E-state index contributed by atoms with van der Waals surface area (Å²) in [6, 6.07) is 7.41. The molecule has 0 saturated carbocycles. The summed E-state index contributed by atoms with van der Waals surface area (Å²) in [5.74, 6) is -9.54. The topological polar surface area (TPSA) is 66.8 Å². The highest BCUT2D eigenvalue weighted by molar-refractivity contribution is 5.78. The normalized spacial score (nSPS) is 15.7. The molecule has 0 aliphatic heterocycles. The highest BCUT2D eigenvalue weighted by Gasteiger charge is 2.26. The second kappa shape index (κ2) is 9.17. The molecule has 1 unspecified atom stereocenters. The predicted octanol–water partition coefficient (Wildman–Crippen LogP) is 6.25. The summed E-state index contributed by atoms with van der Waals surface area (Å²) < 4.78 is 75.1. The fourth-order valence-electron chi connectivity index (χ4n) is 3.80. The summed E-state index contributed by atoms with van der Waals surface area (Å²) in [5.41, 5.74) is -0.213. The van der Waals surface area contributed by atoms with E-state index in [2.05, 4.69) is 0 Å². The third-order valence-corrected chi connectivity index (χ3v) is 5.66. The van der Waals surface area contributed by atoms with Gasteiger partial charge < -0.3 is 14.9 Å². The van der Waals surface area contributed by atoms with Gasteiger partial charge in [0.25, 0.3) is 0 Å². The van der Waals surface area contributed by atoms with E-state index in [0.717, 1.165) is 30.3 Å². The summed E-state index contributed by atoms with van der Waals surface area (Å²) >= 11 is 0. The molecule has 3 aromatic carbocycles. The molecule has 0 bridgehead atoms. The third kappa shape index (κ3) is 4.33. The number of phenols is 2. The van der Waals surface area contributed by atoms with Crippen molar-refractivity contribution in [1.82, 2.24) is 0 Å². The first-order valence-corrected chi connectivity index (χ1v) is 10.2. The fourth-order valence-corrected chi connectivity index (χ4v) is 3.80. The summed E-state index contributed by atoms with van der Waals surface area (Å²) in [7, 11) is 0. The molecular formula is C25H17F5O4. The minimum Gasteiger partial charge on any atom is -0.505 e. The average Bonchev–Trinajstić information content (AvgIpc) is 2.82. The van der Waals surface area contributed by atoms with E-state index >= 15 is 0 Å². The zero-order valence-electron chi connectivity index (χ0n) is 17.4. The maximum atomic E-state index is 14.5. The number of halogens is 5. The molecule has 176 valence electrons. The van der Waals surface area contributed by atoms with Gasteiger partial charge in [0.05, 0.1) is 5.92 Å². The van der Waals surface area contributed by atoms with E-state index in [1.807, 2.05) is 0 Å². The first-order valence-electron chi connectivity index (χ1n) is 10.2. The van der Waals surface area contributed by atoms with Gasteiger partial charge in [-0.2, -0.15) is 8.78 Å². The van der Waals surface area contributed by atoms with Crippen LogP contribution in [0.3, 0.4) is 0 Å². The van der Waals surface area contributed by atoms with Crippen LogP contribution in [0.25, 0.3) is 16.7 Å². The van der Waals surface area contributed by atoms with Crippen molar-refractivity contribution in [2.24, 2.45) is 5.92 Å². The maximum Gasteiger partial charge on any atom is 0.314 e. The lowest BCUT2D eigenvalue weighted by Crippen LogP contribution is -2.22. The summed E-state index contributed by atoms with van der Waals surface area (Å²) in [6.07, 6.45) is 2.27. The van der Waals surface area contributed by atoms with Crippen molar-refractivity contribution < 1.29 is 41.7 Å². The van der Waals surface area contributed by atoms with Gasteiger partial charge in [-0.1, -0.05) is 6.08 Å². The van der Waals surface area contributed by atoms with Gasteiger partial charge in [0.15, 0.2) is 23.1 Å². The number of ether oxygens (including phenoxy) is 1. The van der Waals surface area contributed by atoms with Crippen LogP contribution < -0.4 is 4.74 Å². The fraction of sp³-hybridized carbons (Fsp3) is 0.160. The molecule has 0 spiro atoms. The zero-order chi connectivity index (χ0) is 24.6. The van der Waals surface area contributed by atoms with Crippen LogP contribution in [-0.2, 0) is 4.79 Å². The van der Waals surface area contributed by atoms with Crippen LogP contribution in [0.15, 0.2) is 48.5 Å². The third-order valence-electron chi connectivity index (χ3n) is 5.66. The molecule has 1 aliphatic carbocycles. The largest absolute Gasteiger partial charge is 0.505 e. The van der Waals surface area contributed by atoms with Gasteiger partial charge in [0.1, 0.15) is 11.6 Å². The lowest BCUT2D eigenvalue weighted by Gasteiger charge is -2.21. The van der Waals surface area contributed by atoms with Gasteiger partial charge in [0, 0.05) is 22.8 Å².